The summed E-state index contributed by atoms with van der Waals surface area (Å²) >= 11 is 0. The molecule has 2 aliphatic rings. The predicted molar refractivity (Wildman–Crippen MR) is 114 cm³/mol. The number of nitrogens with zero attached hydrogens (tertiary/aromatic N) is 5. The summed E-state index contributed by atoms with van der Waals surface area (Å²) in [5, 5.41) is 0.806. The Morgan fingerprint density at radius 3 is 2.61 bits per heavy atom. The zero-order chi connectivity index (χ0) is 23.9. The van der Waals surface area contributed by atoms with Gasteiger partial charge in [-0.2, -0.15) is 13.2 Å². The average molecular weight is 466 g/mol. The van der Waals surface area contributed by atoms with Gasteiger partial charge in [-0.3, -0.25) is 14.3 Å². The molecule has 1 aromatic carbocycles. The summed E-state index contributed by atoms with van der Waals surface area (Å²) in [6.45, 7) is 2.59. The molecule has 9 nitrogen and oxygen atoms in total. The fourth-order valence-corrected chi connectivity index (χ4v) is 4.21. The van der Waals surface area contributed by atoms with Crippen molar-refractivity contribution in [3.63, 3.8) is 0 Å². The third-order valence-corrected chi connectivity index (χ3v) is 5.88. The fourth-order valence-electron chi connectivity index (χ4n) is 4.21. The van der Waals surface area contributed by atoms with Gasteiger partial charge < -0.3 is 15.5 Å². The van der Waals surface area contributed by atoms with Crippen LogP contribution in [0, 0.1) is 6.92 Å². The molecule has 2 unspecified atom stereocenters. The Bertz CT molecular complexity index is 1090. The molecule has 0 saturated carbocycles. The molecule has 4 rings (SSSR count). The van der Waals surface area contributed by atoms with Crippen LogP contribution in [-0.2, 0) is 23.2 Å². The number of benzene rings is 1. The SMILES string of the molecule is Cc1nc2c(c(=O)n1C)N(Cc1ccccc1)C(N1CCCC(N)C1)N2OC(=O)C(F)(F)F. The maximum atomic E-state index is 13.3. The van der Waals surface area contributed by atoms with Crippen molar-refractivity contribution in [2.45, 2.75) is 44.8 Å². The van der Waals surface area contributed by atoms with Gasteiger partial charge in [0.2, 0.25) is 0 Å². The second-order valence-corrected chi connectivity index (χ2v) is 8.25. The van der Waals surface area contributed by atoms with E-state index in [9.17, 15) is 22.8 Å². The minimum atomic E-state index is -5.22. The number of rotatable bonds is 4. The Balaban J connectivity index is 1.86. The second-order valence-electron chi connectivity index (χ2n) is 8.25. The van der Waals surface area contributed by atoms with Crippen molar-refractivity contribution >= 4 is 17.5 Å². The van der Waals surface area contributed by atoms with E-state index in [2.05, 4.69) is 4.98 Å². The van der Waals surface area contributed by atoms with Gasteiger partial charge in [-0.1, -0.05) is 30.3 Å². The molecule has 2 atom stereocenters. The molecular weight excluding hydrogens is 441 g/mol. The van der Waals surface area contributed by atoms with Crippen molar-refractivity contribution < 1.29 is 22.8 Å². The lowest BCUT2D eigenvalue weighted by Gasteiger charge is -2.42. The highest BCUT2D eigenvalue weighted by Crippen LogP contribution is 2.39. The van der Waals surface area contributed by atoms with Crippen molar-refractivity contribution in [1.29, 1.82) is 0 Å². The summed E-state index contributed by atoms with van der Waals surface area (Å²) in [7, 11) is 1.53. The normalized spacial score (nSPS) is 21.3. The second kappa shape index (κ2) is 8.67. The smallest absolute Gasteiger partial charge is 0.327 e. The number of nitrogens with two attached hydrogens (primary N) is 1. The molecule has 33 heavy (non-hydrogen) atoms. The molecule has 0 amide bonds. The predicted octanol–water partition coefficient (Wildman–Crippen LogP) is 1.64. The number of hydroxylamine groups is 1. The molecule has 178 valence electrons. The van der Waals surface area contributed by atoms with Gasteiger partial charge in [-0.05, 0) is 25.3 Å². The Kier molecular flexibility index (Phi) is 6.06. The van der Waals surface area contributed by atoms with Crippen LogP contribution >= 0.6 is 0 Å². The zero-order valence-electron chi connectivity index (χ0n) is 18.2. The molecule has 0 radical (unpaired) electrons. The van der Waals surface area contributed by atoms with Crippen molar-refractivity contribution in [3.05, 3.63) is 52.1 Å². The molecule has 2 aliphatic heterocycles. The van der Waals surface area contributed by atoms with Crippen LogP contribution in [0.5, 0.6) is 0 Å². The van der Waals surface area contributed by atoms with E-state index < -0.39 is 24.0 Å². The van der Waals surface area contributed by atoms with E-state index in [0.29, 0.717) is 19.5 Å². The summed E-state index contributed by atoms with van der Waals surface area (Å²) < 4.78 is 40.7. The van der Waals surface area contributed by atoms with Gasteiger partial charge >= 0.3 is 12.1 Å². The average Bonchev–Trinajstić information content (AvgIpc) is 3.05. The molecule has 0 spiro atoms. The molecule has 2 aromatic rings. The molecule has 12 heteroatoms. The number of aryl methyl sites for hydroxylation is 1. The molecule has 1 saturated heterocycles. The molecular formula is C21H25F3N6O3. The van der Waals surface area contributed by atoms with Crippen LogP contribution in [0.25, 0.3) is 0 Å². The van der Waals surface area contributed by atoms with E-state index >= 15 is 0 Å². The first-order valence-corrected chi connectivity index (χ1v) is 10.5. The molecule has 0 bridgehead atoms. The molecule has 0 aliphatic carbocycles. The van der Waals surface area contributed by atoms with Crippen molar-refractivity contribution in [1.82, 2.24) is 14.5 Å². The quantitative estimate of drug-likeness (QED) is 0.727. The minimum Gasteiger partial charge on any atom is -0.327 e. The van der Waals surface area contributed by atoms with Gasteiger partial charge in [0, 0.05) is 32.7 Å². The first kappa shape index (κ1) is 23.1. The maximum absolute atomic E-state index is 13.3. The Labute approximate surface area is 188 Å². The van der Waals surface area contributed by atoms with Crippen LogP contribution in [0.1, 0.15) is 24.2 Å². The highest BCUT2D eigenvalue weighted by molar-refractivity contribution is 5.79. The first-order valence-electron chi connectivity index (χ1n) is 10.5. The third-order valence-electron chi connectivity index (χ3n) is 5.88. The summed E-state index contributed by atoms with van der Waals surface area (Å²) in [6, 6.07) is 8.96. The number of anilines is 2. The zero-order valence-corrected chi connectivity index (χ0v) is 18.2. The maximum Gasteiger partial charge on any atom is 0.493 e. The van der Waals surface area contributed by atoms with Gasteiger partial charge in [0.15, 0.2) is 17.8 Å². The lowest BCUT2D eigenvalue weighted by molar-refractivity contribution is -0.203. The summed E-state index contributed by atoms with van der Waals surface area (Å²) in [5.41, 5.74) is 6.57. The number of alkyl halides is 3. The topological polar surface area (TPSA) is 96.9 Å². The van der Waals surface area contributed by atoms with Gasteiger partial charge in [0.1, 0.15) is 5.82 Å². The fraction of sp³-hybridized carbons (Fsp3) is 0.476. The molecule has 2 N–H and O–H groups in total. The van der Waals surface area contributed by atoms with Gasteiger partial charge in [-0.15, -0.1) is 5.06 Å². The number of carbonyl (C=O) groups is 1. The largest absolute Gasteiger partial charge is 0.493 e. The van der Waals surface area contributed by atoms with Crippen molar-refractivity contribution in [2.75, 3.05) is 23.1 Å². The highest BCUT2D eigenvalue weighted by atomic mass is 19.4. The van der Waals surface area contributed by atoms with E-state index in [0.717, 1.165) is 17.0 Å². The number of hydrogen-bond acceptors (Lipinski definition) is 8. The first-order chi connectivity index (χ1) is 15.6. The molecule has 1 fully saturated rings. The van der Waals surface area contributed by atoms with Gasteiger partial charge in [0.05, 0.1) is 0 Å². The van der Waals surface area contributed by atoms with Crippen LogP contribution in [0.2, 0.25) is 0 Å². The minimum absolute atomic E-state index is 0.0612. The third kappa shape index (κ3) is 4.40. The monoisotopic (exact) mass is 466 g/mol. The van der Waals surface area contributed by atoms with Crippen LogP contribution < -0.4 is 21.3 Å². The summed E-state index contributed by atoms with van der Waals surface area (Å²) in [4.78, 5) is 37.7. The van der Waals surface area contributed by atoms with E-state index in [4.69, 9.17) is 10.6 Å². The summed E-state index contributed by atoms with van der Waals surface area (Å²) in [5.74, 6) is -2.25. The number of halogens is 3. The Hall–Kier alpha value is -3.12. The number of carbonyl (C=O) groups excluding carboxylic acids is 1. The lowest BCUT2D eigenvalue weighted by Crippen LogP contribution is -2.60. The Morgan fingerprint density at radius 1 is 1.27 bits per heavy atom. The number of piperidine rings is 1. The number of hydrogen-bond donors (Lipinski definition) is 1. The highest BCUT2D eigenvalue weighted by Gasteiger charge is 2.50. The number of fused-ring (bicyclic) bond motifs is 1. The van der Waals surface area contributed by atoms with Crippen LogP contribution in [-0.4, -0.2) is 52.0 Å². The van der Waals surface area contributed by atoms with E-state index in [1.165, 1.54) is 11.6 Å². The standard InChI is InChI=1S/C21H25F3N6O3/c1-13-26-17-16(18(31)27(13)2)29(11-14-7-4-3-5-8-14)20(28-10-6-9-15(25)12-28)30(17)33-19(32)21(22,23)24/h3-5,7-8,15,20H,6,9-12,25H2,1-2H3. The van der Waals surface area contributed by atoms with E-state index in [1.807, 2.05) is 35.2 Å². The molecule has 3 heterocycles. The van der Waals surface area contributed by atoms with Crippen molar-refractivity contribution in [3.8, 4) is 0 Å². The van der Waals surface area contributed by atoms with Crippen molar-refractivity contribution in [2.24, 2.45) is 12.8 Å². The number of aromatic nitrogens is 2. The van der Waals surface area contributed by atoms with E-state index in [-0.39, 0.29) is 29.9 Å². The molecule has 1 aromatic heterocycles. The van der Waals surface area contributed by atoms with E-state index in [1.54, 1.807) is 11.8 Å². The van der Waals surface area contributed by atoms with Crippen LogP contribution in [0.15, 0.2) is 35.1 Å². The van der Waals surface area contributed by atoms with Crippen LogP contribution in [0.4, 0.5) is 24.7 Å². The van der Waals surface area contributed by atoms with Gasteiger partial charge in [0.25, 0.3) is 5.56 Å². The summed E-state index contributed by atoms with van der Waals surface area (Å²) in [6.07, 6.45) is -4.76. The Morgan fingerprint density at radius 2 is 1.97 bits per heavy atom. The lowest BCUT2D eigenvalue weighted by atomic mass is 10.1. The number of likely N-dealkylation sites (tertiary alicyclic amines) is 1. The van der Waals surface area contributed by atoms with Gasteiger partial charge in [-0.25, -0.2) is 9.78 Å². The van der Waals surface area contributed by atoms with Crippen LogP contribution in [0.3, 0.4) is 0 Å².